The van der Waals surface area contributed by atoms with Gasteiger partial charge in [0.2, 0.25) is 5.91 Å². The number of nitrogens with zero attached hydrogens (tertiary/aromatic N) is 2. The third kappa shape index (κ3) is 3.60. The van der Waals surface area contributed by atoms with E-state index in [1.165, 1.54) is 18.5 Å². The van der Waals surface area contributed by atoms with E-state index < -0.39 is 0 Å². The van der Waals surface area contributed by atoms with Crippen molar-refractivity contribution < 1.29 is 14.3 Å². The standard InChI is InChI=1S/C21H19N3O3/c25-20-11-18(22-21(26)17-8-4-10-24(27)13-17)14-23(20)12-16-7-3-6-15-5-1-2-9-19(15)16/h1-10,13,18H,11-12,14H2,(H,22,26)/t18-/m0/s1. The van der Waals surface area contributed by atoms with E-state index in [1.54, 1.807) is 11.0 Å². The van der Waals surface area contributed by atoms with Crippen molar-refractivity contribution in [1.82, 2.24) is 10.2 Å². The van der Waals surface area contributed by atoms with E-state index in [2.05, 4.69) is 23.5 Å². The number of rotatable bonds is 4. The Balaban J connectivity index is 1.45. The Hall–Kier alpha value is -3.41. The van der Waals surface area contributed by atoms with Crippen LogP contribution in [0.2, 0.25) is 0 Å². The maximum Gasteiger partial charge on any atom is 0.257 e. The van der Waals surface area contributed by atoms with Gasteiger partial charge in [-0.1, -0.05) is 42.5 Å². The number of fused-ring (bicyclic) bond motifs is 1. The molecule has 0 saturated carbocycles. The highest BCUT2D eigenvalue weighted by Gasteiger charge is 2.31. The molecule has 2 amide bonds. The molecule has 4 rings (SSSR count). The van der Waals surface area contributed by atoms with Crippen molar-refractivity contribution in [3.05, 3.63) is 83.3 Å². The van der Waals surface area contributed by atoms with Gasteiger partial charge in [-0.25, -0.2) is 0 Å². The maximum absolute atomic E-state index is 12.4. The molecular formula is C21H19N3O3. The molecule has 27 heavy (non-hydrogen) atoms. The highest BCUT2D eigenvalue weighted by Crippen LogP contribution is 2.22. The lowest BCUT2D eigenvalue weighted by molar-refractivity contribution is -0.605. The molecule has 1 aliphatic rings. The van der Waals surface area contributed by atoms with Crippen LogP contribution in [-0.4, -0.2) is 29.3 Å². The third-order valence-electron chi connectivity index (χ3n) is 4.83. The monoisotopic (exact) mass is 361 g/mol. The van der Waals surface area contributed by atoms with Crippen molar-refractivity contribution in [3.63, 3.8) is 0 Å². The zero-order valence-electron chi connectivity index (χ0n) is 14.7. The Morgan fingerprint density at radius 1 is 1.15 bits per heavy atom. The van der Waals surface area contributed by atoms with Crippen molar-refractivity contribution in [2.45, 2.75) is 19.0 Å². The summed E-state index contributed by atoms with van der Waals surface area (Å²) in [7, 11) is 0. The van der Waals surface area contributed by atoms with E-state index in [0.717, 1.165) is 16.3 Å². The highest BCUT2D eigenvalue weighted by molar-refractivity contribution is 5.94. The van der Waals surface area contributed by atoms with Crippen molar-refractivity contribution >= 4 is 22.6 Å². The summed E-state index contributed by atoms with van der Waals surface area (Å²) in [5.41, 5.74) is 1.37. The van der Waals surface area contributed by atoms with Gasteiger partial charge in [-0.2, -0.15) is 4.73 Å². The van der Waals surface area contributed by atoms with Crippen LogP contribution in [0.5, 0.6) is 0 Å². The fourth-order valence-corrected chi connectivity index (χ4v) is 3.52. The van der Waals surface area contributed by atoms with Gasteiger partial charge in [0, 0.05) is 25.6 Å². The van der Waals surface area contributed by atoms with Crippen molar-refractivity contribution in [2.75, 3.05) is 6.54 Å². The predicted molar refractivity (Wildman–Crippen MR) is 101 cm³/mol. The minimum Gasteiger partial charge on any atom is -0.619 e. The van der Waals surface area contributed by atoms with E-state index in [-0.39, 0.29) is 29.8 Å². The minimum atomic E-state index is -0.343. The number of pyridine rings is 1. The Labute approximate surface area is 156 Å². The van der Waals surface area contributed by atoms with Crippen LogP contribution in [0.4, 0.5) is 0 Å². The number of benzene rings is 2. The van der Waals surface area contributed by atoms with E-state index in [9.17, 15) is 14.8 Å². The molecule has 1 aliphatic heterocycles. The number of carbonyl (C=O) groups excluding carboxylic acids is 2. The first-order valence-corrected chi connectivity index (χ1v) is 8.84. The van der Waals surface area contributed by atoms with Crippen molar-refractivity contribution in [1.29, 1.82) is 0 Å². The molecule has 1 saturated heterocycles. The first kappa shape index (κ1) is 17.0. The molecule has 3 aromatic rings. The lowest BCUT2D eigenvalue weighted by Crippen LogP contribution is -2.38. The summed E-state index contributed by atoms with van der Waals surface area (Å²) >= 11 is 0. The Kier molecular flexibility index (Phi) is 4.46. The zero-order valence-corrected chi connectivity index (χ0v) is 14.7. The molecule has 1 N–H and O–H groups in total. The molecule has 1 atom stereocenters. The van der Waals surface area contributed by atoms with E-state index in [1.807, 2.05) is 24.3 Å². The number of hydrogen-bond donors (Lipinski definition) is 1. The number of aromatic nitrogens is 1. The summed E-state index contributed by atoms with van der Waals surface area (Å²) in [5, 5.41) is 16.4. The van der Waals surface area contributed by atoms with Crippen molar-refractivity contribution in [2.24, 2.45) is 0 Å². The minimum absolute atomic E-state index is 0.0141. The zero-order chi connectivity index (χ0) is 18.8. The molecule has 0 unspecified atom stereocenters. The van der Waals surface area contributed by atoms with Gasteiger partial charge in [-0.05, 0) is 22.4 Å². The predicted octanol–water partition coefficient (Wildman–Crippen LogP) is 2.00. The van der Waals surface area contributed by atoms with Crippen LogP contribution in [0, 0.1) is 5.21 Å². The average molecular weight is 361 g/mol. The molecule has 2 aromatic carbocycles. The quantitative estimate of drug-likeness (QED) is 0.570. The summed E-state index contributed by atoms with van der Waals surface area (Å²) in [6, 6.07) is 17.0. The molecule has 0 radical (unpaired) electrons. The Bertz CT molecular complexity index is 1010. The van der Waals surface area contributed by atoms with E-state index in [4.69, 9.17) is 0 Å². The summed E-state index contributed by atoms with van der Waals surface area (Å²) in [4.78, 5) is 26.5. The average Bonchev–Trinajstić information content (AvgIpc) is 3.01. The van der Waals surface area contributed by atoms with Gasteiger partial charge in [0.05, 0.1) is 6.04 Å². The first-order valence-electron chi connectivity index (χ1n) is 8.84. The van der Waals surface area contributed by atoms with Crippen LogP contribution >= 0.6 is 0 Å². The van der Waals surface area contributed by atoms with Gasteiger partial charge in [-0.15, -0.1) is 0 Å². The second-order valence-electron chi connectivity index (χ2n) is 6.74. The summed E-state index contributed by atoms with van der Waals surface area (Å²) in [5.74, 6) is -0.329. The molecule has 0 aliphatic carbocycles. The van der Waals surface area contributed by atoms with Gasteiger partial charge in [0.1, 0.15) is 5.56 Å². The van der Waals surface area contributed by atoms with Crippen LogP contribution < -0.4 is 10.0 Å². The van der Waals surface area contributed by atoms with E-state index in [0.29, 0.717) is 17.8 Å². The molecule has 136 valence electrons. The fraction of sp³-hybridized carbons (Fsp3) is 0.190. The second-order valence-corrected chi connectivity index (χ2v) is 6.74. The maximum atomic E-state index is 12.4. The Morgan fingerprint density at radius 3 is 2.81 bits per heavy atom. The summed E-state index contributed by atoms with van der Waals surface area (Å²) in [6.07, 6.45) is 2.81. The lowest BCUT2D eigenvalue weighted by Gasteiger charge is -2.18. The van der Waals surface area contributed by atoms with Crippen molar-refractivity contribution in [3.8, 4) is 0 Å². The largest absolute Gasteiger partial charge is 0.619 e. The SMILES string of the molecule is O=C(N[C@H]1CC(=O)N(Cc2cccc3ccccc23)C1)c1ccc[n+]([O-])c1. The van der Waals surface area contributed by atoms with E-state index >= 15 is 0 Å². The molecule has 0 spiro atoms. The Morgan fingerprint density at radius 2 is 1.96 bits per heavy atom. The number of amides is 2. The number of carbonyl (C=O) groups is 2. The number of nitrogens with one attached hydrogen (secondary N) is 1. The van der Waals surface area contributed by atoms with Gasteiger partial charge in [0.25, 0.3) is 5.91 Å². The van der Waals surface area contributed by atoms with Gasteiger partial charge >= 0.3 is 0 Å². The fourth-order valence-electron chi connectivity index (χ4n) is 3.52. The normalized spacial score (nSPS) is 16.7. The summed E-state index contributed by atoms with van der Waals surface area (Å²) < 4.78 is 0.585. The topological polar surface area (TPSA) is 76.4 Å². The molecule has 1 aromatic heterocycles. The van der Waals surface area contributed by atoms with Gasteiger partial charge in [-0.3, -0.25) is 9.59 Å². The smallest absolute Gasteiger partial charge is 0.257 e. The van der Waals surface area contributed by atoms with Crippen LogP contribution in [-0.2, 0) is 11.3 Å². The first-order chi connectivity index (χ1) is 13.1. The molecule has 6 heteroatoms. The highest BCUT2D eigenvalue weighted by atomic mass is 16.5. The summed E-state index contributed by atoms with van der Waals surface area (Å²) in [6.45, 7) is 0.969. The molecule has 6 nitrogen and oxygen atoms in total. The number of likely N-dealkylation sites (tertiary alicyclic amines) is 1. The molecule has 1 fully saturated rings. The number of hydrogen-bond acceptors (Lipinski definition) is 3. The third-order valence-corrected chi connectivity index (χ3v) is 4.83. The second kappa shape index (κ2) is 7.07. The van der Waals surface area contributed by atoms with Crippen LogP contribution in [0.1, 0.15) is 22.3 Å². The van der Waals surface area contributed by atoms with Gasteiger partial charge in [0.15, 0.2) is 12.4 Å². The lowest BCUT2D eigenvalue weighted by atomic mass is 10.0. The van der Waals surface area contributed by atoms with Crippen LogP contribution in [0.25, 0.3) is 10.8 Å². The molecule has 0 bridgehead atoms. The molecular weight excluding hydrogens is 342 g/mol. The van der Waals surface area contributed by atoms with Crippen LogP contribution in [0.15, 0.2) is 67.0 Å². The molecule has 2 heterocycles. The van der Waals surface area contributed by atoms with Gasteiger partial charge < -0.3 is 15.4 Å². The van der Waals surface area contributed by atoms with Crippen LogP contribution in [0.3, 0.4) is 0 Å².